The van der Waals surface area contributed by atoms with Crippen LogP contribution >= 0.6 is 0 Å². The first-order valence-corrected chi connectivity index (χ1v) is 18.7. The van der Waals surface area contributed by atoms with Gasteiger partial charge in [-0.2, -0.15) is 0 Å². The van der Waals surface area contributed by atoms with E-state index < -0.39 is 24.3 Å². The lowest BCUT2D eigenvalue weighted by Gasteiger charge is -2.28. The first-order chi connectivity index (χ1) is 27.1. The SMILES string of the molecule is COC(=O)N[C@H](C)C(=O)N1CCC[C@H]1c1ncc(-c2ccc(-c3ccc(-c4cnc([C@@H]5CCCN5C(=O)[C@@H](Cc5cn(C)cn5)NC(=O)OC)[nH]4)cc3)cc2)[nH]1. The summed E-state index contributed by atoms with van der Waals surface area (Å²) >= 11 is 0. The summed E-state index contributed by atoms with van der Waals surface area (Å²) in [6.45, 7) is 2.79. The molecule has 0 unspecified atom stereocenters. The Balaban J connectivity index is 0.995. The van der Waals surface area contributed by atoms with E-state index in [1.165, 1.54) is 14.2 Å². The summed E-state index contributed by atoms with van der Waals surface area (Å²) in [5.41, 5.74) is 6.40. The molecule has 2 fully saturated rings. The van der Waals surface area contributed by atoms with Crippen molar-refractivity contribution < 1.29 is 28.7 Å². The first kappa shape index (κ1) is 37.8. The number of aryl methyl sites for hydroxylation is 1. The molecule has 56 heavy (non-hydrogen) atoms. The number of alkyl carbamates (subject to hydrolysis) is 2. The third-order valence-electron chi connectivity index (χ3n) is 10.5. The smallest absolute Gasteiger partial charge is 0.407 e. The topological polar surface area (TPSA) is 192 Å². The van der Waals surface area contributed by atoms with Crippen LogP contribution in [0, 0.1) is 0 Å². The highest BCUT2D eigenvalue weighted by molar-refractivity contribution is 5.87. The molecule has 0 bridgehead atoms. The van der Waals surface area contributed by atoms with Crippen molar-refractivity contribution in [2.24, 2.45) is 7.05 Å². The summed E-state index contributed by atoms with van der Waals surface area (Å²) in [5, 5.41) is 5.25. The summed E-state index contributed by atoms with van der Waals surface area (Å²) in [6, 6.07) is 14.4. The Hall–Kier alpha value is -6.45. The number of H-pyrrole nitrogens is 2. The van der Waals surface area contributed by atoms with E-state index in [-0.39, 0.29) is 30.3 Å². The Morgan fingerprint density at radius 3 is 1.70 bits per heavy atom. The number of carbonyl (C=O) groups excluding carboxylic acids is 4. The fraction of sp³-hybridized carbons (Fsp3) is 0.375. The number of nitrogens with zero attached hydrogens (tertiary/aromatic N) is 6. The summed E-state index contributed by atoms with van der Waals surface area (Å²) in [6.07, 6.45) is 9.17. The van der Waals surface area contributed by atoms with E-state index in [9.17, 15) is 19.2 Å². The average molecular weight is 763 g/mol. The van der Waals surface area contributed by atoms with Gasteiger partial charge in [-0.3, -0.25) is 9.59 Å². The Morgan fingerprint density at radius 1 is 0.732 bits per heavy atom. The zero-order chi connectivity index (χ0) is 39.3. The molecular weight excluding hydrogens is 717 g/mol. The van der Waals surface area contributed by atoms with Crippen molar-refractivity contribution in [1.29, 1.82) is 0 Å². The number of ether oxygens (including phenoxy) is 2. The summed E-state index contributed by atoms with van der Waals surface area (Å²) in [5.74, 6) is 1.02. The molecule has 292 valence electrons. The predicted molar refractivity (Wildman–Crippen MR) is 206 cm³/mol. The minimum absolute atomic E-state index is 0.177. The number of methoxy groups -OCH3 is 2. The zero-order valence-corrected chi connectivity index (χ0v) is 31.8. The highest BCUT2D eigenvalue weighted by atomic mass is 16.5. The lowest BCUT2D eigenvalue weighted by molar-refractivity contribution is -0.135. The van der Waals surface area contributed by atoms with Gasteiger partial charge in [-0.15, -0.1) is 0 Å². The monoisotopic (exact) mass is 762 g/mol. The summed E-state index contributed by atoms with van der Waals surface area (Å²) in [7, 11) is 4.39. The van der Waals surface area contributed by atoms with Gasteiger partial charge in [0.05, 0.1) is 62.1 Å². The Kier molecular flexibility index (Phi) is 11.2. The molecule has 5 heterocycles. The molecule has 16 heteroatoms. The van der Waals surface area contributed by atoms with Crippen molar-refractivity contribution in [1.82, 2.24) is 49.9 Å². The molecule has 7 rings (SSSR count). The van der Waals surface area contributed by atoms with Crippen LogP contribution in [-0.2, 0) is 32.5 Å². The molecule has 3 aromatic heterocycles. The summed E-state index contributed by atoms with van der Waals surface area (Å²) in [4.78, 5) is 74.8. The van der Waals surface area contributed by atoms with Crippen LogP contribution in [0.25, 0.3) is 33.6 Å². The van der Waals surface area contributed by atoms with Crippen molar-refractivity contribution >= 4 is 24.0 Å². The van der Waals surface area contributed by atoms with E-state index in [0.29, 0.717) is 30.4 Å². The van der Waals surface area contributed by atoms with Gasteiger partial charge in [0.2, 0.25) is 11.8 Å². The molecule has 4 N–H and O–H groups in total. The van der Waals surface area contributed by atoms with Gasteiger partial charge >= 0.3 is 12.2 Å². The normalized spacial score (nSPS) is 17.7. The molecule has 2 saturated heterocycles. The maximum Gasteiger partial charge on any atom is 0.407 e. The van der Waals surface area contributed by atoms with Gasteiger partial charge in [0.15, 0.2) is 0 Å². The molecule has 2 aliphatic heterocycles. The van der Waals surface area contributed by atoms with Gasteiger partial charge in [0.1, 0.15) is 23.7 Å². The maximum absolute atomic E-state index is 13.8. The Bertz CT molecular complexity index is 2170. The number of imidazole rings is 3. The van der Waals surface area contributed by atoms with Crippen LogP contribution in [0.2, 0.25) is 0 Å². The number of likely N-dealkylation sites (tertiary alicyclic amines) is 2. The van der Waals surface area contributed by atoms with Crippen molar-refractivity contribution in [3.05, 3.63) is 90.8 Å². The average Bonchev–Trinajstić information content (AvgIpc) is 4.07. The van der Waals surface area contributed by atoms with Gasteiger partial charge in [-0.05, 0) is 54.9 Å². The van der Waals surface area contributed by atoms with Gasteiger partial charge in [-0.25, -0.2) is 24.5 Å². The number of aromatic nitrogens is 6. The third-order valence-corrected chi connectivity index (χ3v) is 10.5. The van der Waals surface area contributed by atoms with Crippen LogP contribution in [0.1, 0.15) is 62.0 Å². The second kappa shape index (κ2) is 16.5. The number of carbonyl (C=O) groups is 4. The molecule has 4 amide bonds. The van der Waals surface area contributed by atoms with Crippen LogP contribution < -0.4 is 10.6 Å². The van der Waals surface area contributed by atoms with Crippen molar-refractivity contribution in [2.75, 3.05) is 27.3 Å². The molecule has 0 aliphatic carbocycles. The molecule has 4 atom stereocenters. The second-order valence-electron chi connectivity index (χ2n) is 14.2. The third kappa shape index (κ3) is 8.13. The van der Waals surface area contributed by atoms with Crippen molar-refractivity contribution in [3.8, 4) is 33.6 Å². The molecule has 2 aromatic carbocycles. The predicted octanol–water partition coefficient (Wildman–Crippen LogP) is 4.91. The number of hydrogen-bond donors (Lipinski definition) is 4. The van der Waals surface area contributed by atoms with E-state index >= 15 is 0 Å². The number of benzene rings is 2. The van der Waals surface area contributed by atoms with Crippen LogP contribution in [-0.4, -0.2) is 103 Å². The minimum Gasteiger partial charge on any atom is -0.453 e. The summed E-state index contributed by atoms with van der Waals surface area (Å²) < 4.78 is 11.3. The van der Waals surface area contributed by atoms with Gasteiger partial charge in [-0.1, -0.05) is 48.5 Å². The molecular formula is C40H46N10O6. The molecule has 5 aromatic rings. The lowest BCUT2D eigenvalue weighted by Crippen LogP contribution is -2.49. The van der Waals surface area contributed by atoms with Crippen LogP contribution in [0.5, 0.6) is 0 Å². The van der Waals surface area contributed by atoms with E-state index in [0.717, 1.165) is 59.3 Å². The largest absolute Gasteiger partial charge is 0.453 e. The quantitative estimate of drug-likeness (QED) is 0.145. The van der Waals surface area contributed by atoms with Crippen molar-refractivity contribution in [3.63, 3.8) is 0 Å². The van der Waals surface area contributed by atoms with Gasteiger partial charge in [0, 0.05) is 32.8 Å². The molecule has 0 saturated carbocycles. The highest BCUT2D eigenvalue weighted by Crippen LogP contribution is 2.34. The zero-order valence-electron chi connectivity index (χ0n) is 31.8. The highest BCUT2D eigenvalue weighted by Gasteiger charge is 2.37. The number of rotatable bonds is 11. The first-order valence-electron chi connectivity index (χ1n) is 18.7. The fourth-order valence-corrected chi connectivity index (χ4v) is 7.55. The fourth-order valence-electron chi connectivity index (χ4n) is 7.55. The molecule has 2 aliphatic rings. The van der Waals surface area contributed by atoms with E-state index in [2.05, 4.69) is 64.6 Å². The number of amides is 4. The van der Waals surface area contributed by atoms with E-state index in [1.54, 1.807) is 40.0 Å². The lowest BCUT2D eigenvalue weighted by atomic mass is 10.0. The van der Waals surface area contributed by atoms with Gasteiger partial charge in [0.25, 0.3) is 0 Å². The number of hydrogen-bond acceptors (Lipinski definition) is 9. The maximum atomic E-state index is 13.8. The molecule has 16 nitrogen and oxygen atoms in total. The Morgan fingerprint density at radius 2 is 1.21 bits per heavy atom. The van der Waals surface area contributed by atoms with Gasteiger partial charge < -0.3 is 44.4 Å². The van der Waals surface area contributed by atoms with Crippen LogP contribution in [0.15, 0.2) is 73.4 Å². The molecule has 0 spiro atoms. The minimum atomic E-state index is -0.834. The number of aromatic amines is 2. The second-order valence-corrected chi connectivity index (χ2v) is 14.2. The molecule has 0 radical (unpaired) electrons. The van der Waals surface area contributed by atoms with E-state index in [1.807, 2.05) is 37.5 Å². The van der Waals surface area contributed by atoms with Crippen LogP contribution in [0.4, 0.5) is 9.59 Å². The van der Waals surface area contributed by atoms with Crippen molar-refractivity contribution in [2.45, 2.75) is 63.2 Å². The number of nitrogens with one attached hydrogen (secondary N) is 4. The van der Waals surface area contributed by atoms with E-state index in [4.69, 9.17) is 4.74 Å². The standard InChI is InChI=1S/C40H46N10O6/c1-24(44-39(53)55-3)37(51)49-17-5-7-33(49)35-41-20-31(45-35)27-13-9-25(10-14-27)26-11-15-28(16-12-26)32-21-42-36(46-32)34-8-6-18-50(34)38(52)30(47-40(54)56-4)19-29-22-48(2)23-43-29/h9-16,20-24,30,33-34H,5-8,17-19H2,1-4H3,(H,41,45)(H,42,46)(H,44,53)(H,47,54)/t24-,30-,33+,34+/m1/s1. The van der Waals surface area contributed by atoms with Crippen LogP contribution in [0.3, 0.4) is 0 Å². The Labute approximate surface area is 324 Å².